The highest BCUT2D eigenvalue weighted by atomic mass is 35.5. The van der Waals surface area contributed by atoms with Gasteiger partial charge in [0.05, 0.1) is 15.3 Å². The predicted molar refractivity (Wildman–Crippen MR) is 106 cm³/mol. The molecule has 1 heterocycles. The molecule has 1 atom stereocenters. The lowest BCUT2D eigenvalue weighted by Crippen LogP contribution is -2.48. The highest BCUT2D eigenvalue weighted by molar-refractivity contribution is 6.30. The molecule has 0 spiro atoms. The average molecular weight is 393 g/mol. The number of carbonyl (C=O) groups is 1. The molecule has 6 heteroatoms. The summed E-state index contributed by atoms with van der Waals surface area (Å²) in [6, 6.07) is 17.5. The second kappa shape index (κ2) is 9.85. The molecule has 0 radical (unpaired) electrons. The van der Waals surface area contributed by atoms with Gasteiger partial charge >= 0.3 is 5.97 Å². The number of carboxylic acids is 1. The molecule has 5 nitrogen and oxygen atoms in total. The van der Waals surface area contributed by atoms with Gasteiger partial charge in [-0.15, -0.1) is 0 Å². The van der Waals surface area contributed by atoms with Crippen LogP contribution in [-0.4, -0.2) is 66.7 Å². The van der Waals surface area contributed by atoms with Gasteiger partial charge in [0.1, 0.15) is 6.61 Å². The minimum Gasteiger partial charge on any atom is -0.480 e. The van der Waals surface area contributed by atoms with Crippen molar-refractivity contribution in [2.75, 3.05) is 45.8 Å². The van der Waals surface area contributed by atoms with Crippen molar-refractivity contribution in [2.24, 2.45) is 0 Å². The third-order valence-electron chi connectivity index (χ3n) is 4.43. The van der Waals surface area contributed by atoms with Gasteiger partial charge in [0.2, 0.25) is 0 Å². The third-order valence-corrected chi connectivity index (χ3v) is 4.67. The summed E-state index contributed by atoms with van der Waals surface area (Å²) in [7, 11) is 0. The Labute approximate surface area is 170 Å². The van der Waals surface area contributed by atoms with Crippen LogP contribution in [0, 0.1) is 0 Å². The molecule has 0 aliphatic carbocycles. The molecule has 0 saturated carbocycles. The Morgan fingerprint density at radius 1 is 1.11 bits per heavy atom. The Morgan fingerprint density at radius 2 is 1.81 bits per heavy atom. The third kappa shape index (κ3) is 5.78. The van der Waals surface area contributed by atoms with Gasteiger partial charge in [-0.05, 0) is 23.3 Å². The van der Waals surface area contributed by atoms with Crippen LogP contribution in [0.25, 0.3) is 0 Å². The quantitative estimate of drug-likeness (QED) is 0.747. The molecule has 3 rings (SSSR count). The molecule has 1 aliphatic heterocycles. The monoisotopic (exact) mass is 392 g/mol. The summed E-state index contributed by atoms with van der Waals surface area (Å²) in [5, 5.41) is 9.38. The number of halogens is 1. The molecule has 0 amide bonds. The number of piperazine rings is 1. The first-order valence-corrected chi connectivity index (χ1v) is 9.15. The van der Waals surface area contributed by atoms with E-state index in [0.717, 1.165) is 11.1 Å². The maximum absolute atomic E-state index is 10.7. The molecule has 1 aliphatic rings. The first-order valence-electron chi connectivity index (χ1n) is 10.8. The number of rotatable bonds is 8. The number of hydrogen-bond acceptors (Lipinski definition) is 4. The van der Waals surface area contributed by atoms with E-state index >= 15 is 0 Å². The Hall–Kier alpha value is -1.92. The van der Waals surface area contributed by atoms with Crippen LogP contribution in [0.3, 0.4) is 0 Å². The highest BCUT2D eigenvalue weighted by Gasteiger charge is 2.26. The van der Waals surface area contributed by atoms with E-state index in [1.54, 1.807) is 0 Å². The van der Waals surface area contributed by atoms with E-state index in [-0.39, 0.29) is 19.1 Å². The van der Waals surface area contributed by atoms with Crippen molar-refractivity contribution in [3.05, 3.63) is 70.7 Å². The van der Waals surface area contributed by atoms with Crippen molar-refractivity contribution in [1.29, 1.82) is 0 Å². The lowest BCUT2D eigenvalue weighted by Gasteiger charge is -2.39. The molecular formula is C21H25ClN2O3. The van der Waals surface area contributed by atoms with Crippen LogP contribution in [0.4, 0.5) is 0 Å². The first kappa shape index (κ1) is 15.1. The van der Waals surface area contributed by atoms with E-state index in [4.69, 9.17) is 26.9 Å². The Kier molecular flexibility index (Phi) is 5.49. The molecule has 1 saturated heterocycles. The summed E-state index contributed by atoms with van der Waals surface area (Å²) in [4.78, 5) is 14.3. The van der Waals surface area contributed by atoms with Crippen LogP contribution in [0.2, 0.25) is 5.02 Å². The topological polar surface area (TPSA) is 53.0 Å². The maximum Gasteiger partial charge on any atom is 0.329 e. The van der Waals surface area contributed by atoms with Gasteiger partial charge < -0.3 is 9.84 Å². The molecule has 144 valence electrons. The zero-order valence-electron chi connectivity index (χ0n) is 18.8. The number of aliphatic carboxylic acids is 1. The summed E-state index contributed by atoms with van der Waals surface area (Å²) < 4.78 is 37.1. The minimum absolute atomic E-state index is 0.0760. The van der Waals surface area contributed by atoms with Gasteiger partial charge in [0.25, 0.3) is 0 Å². The summed E-state index contributed by atoms with van der Waals surface area (Å²) in [5.74, 6) is -1.35. The van der Waals surface area contributed by atoms with Crippen molar-refractivity contribution < 1.29 is 20.1 Å². The largest absolute Gasteiger partial charge is 0.480 e. The molecule has 27 heavy (non-hydrogen) atoms. The number of benzene rings is 2. The SMILES string of the molecule is [2H]C([2H])(OCC(=O)O)C([2H])([2H])N1CCN(C(c2ccccc2)c2cccc(Cl)c2)CC1. The molecule has 1 unspecified atom stereocenters. The Bertz CT molecular complexity index is 893. The van der Waals surface area contributed by atoms with Crippen molar-refractivity contribution >= 4 is 17.6 Å². The minimum atomic E-state index is -2.76. The van der Waals surface area contributed by atoms with Crippen LogP contribution in [0.5, 0.6) is 0 Å². The van der Waals surface area contributed by atoms with Crippen molar-refractivity contribution in [3.8, 4) is 0 Å². The van der Waals surface area contributed by atoms with Gasteiger partial charge in [-0.3, -0.25) is 9.80 Å². The molecular weight excluding hydrogens is 364 g/mol. The smallest absolute Gasteiger partial charge is 0.329 e. The average Bonchev–Trinajstić information content (AvgIpc) is 2.74. The van der Waals surface area contributed by atoms with Crippen molar-refractivity contribution in [3.63, 3.8) is 0 Å². The fourth-order valence-electron chi connectivity index (χ4n) is 3.21. The lowest BCUT2D eigenvalue weighted by atomic mass is 9.96. The normalized spacial score (nSPS) is 20.2. The zero-order valence-corrected chi connectivity index (χ0v) is 15.6. The van der Waals surface area contributed by atoms with E-state index in [1.165, 1.54) is 4.90 Å². The van der Waals surface area contributed by atoms with Crippen LogP contribution >= 0.6 is 11.6 Å². The van der Waals surface area contributed by atoms with Gasteiger partial charge in [-0.2, -0.15) is 0 Å². The first-order chi connectivity index (χ1) is 14.6. The number of ether oxygens (including phenoxy) is 1. The lowest BCUT2D eigenvalue weighted by molar-refractivity contribution is -0.142. The second-order valence-corrected chi connectivity index (χ2v) is 6.72. The van der Waals surface area contributed by atoms with Crippen LogP contribution in [0.15, 0.2) is 54.6 Å². The molecule has 1 fully saturated rings. The fraction of sp³-hybridized carbons (Fsp3) is 0.381. The van der Waals surface area contributed by atoms with Crippen LogP contribution in [0.1, 0.15) is 22.7 Å². The van der Waals surface area contributed by atoms with E-state index < -0.39 is 25.6 Å². The number of nitrogens with zero attached hydrogens (tertiary/aromatic N) is 2. The van der Waals surface area contributed by atoms with E-state index in [9.17, 15) is 4.79 Å². The molecule has 2 aromatic carbocycles. The second-order valence-electron chi connectivity index (χ2n) is 6.29. The molecule has 1 N–H and O–H groups in total. The molecule has 0 aromatic heterocycles. The van der Waals surface area contributed by atoms with E-state index in [0.29, 0.717) is 18.1 Å². The Morgan fingerprint density at radius 3 is 2.48 bits per heavy atom. The van der Waals surface area contributed by atoms with Crippen molar-refractivity contribution in [1.82, 2.24) is 9.80 Å². The predicted octanol–water partition coefficient (Wildman–Crippen LogP) is 3.15. The zero-order chi connectivity index (χ0) is 22.6. The van der Waals surface area contributed by atoms with E-state index in [2.05, 4.69) is 4.90 Å². The Balaban J connectivity index is 1.77. The number of hydrogen-bond donors (Lipinski definition) is 1. The molecule has 0 bridgehead atoms. The maximum atomic E-state index is 10.7. The summed E-state index contributed by atoms with van der Waals surface area (Å²) in [5.41, 5.74) is 2.11. The van der Waals surface area contributed by atoms with E-state index in [1.807, 2.05) is 54.6 Å². The summed E-state index contributed by atoms with van der Waals surface area (Å²) in [6.45, 7) is -4.66. The van der Waals surface area contributed by atoms with Gasteiger partial charge in [0, 0.05) is 40.4 Å². The van der Waals surface area contributed by atoms with Crippen LogP contribution in [-0.2, 0) is 9.53 Å². The highest BCUT2D eigenvalue weighted by Crippen LogP contribution is 2.30. The standard InChI is InChI=1S/C21H25ClN2O3/c22-19-8-4-7-18(15-19)21(17-5-2-1-3-6-17)24-11-9-23(10-12-24)13-14-27-16-20(25)26/h1-8,15,21H,9-14,16H2,(H,25,26)/i13D2,14D2. The molecule has 2 aromatic rings. The van der Waals surface area contributed by atoms with Crippen LogP contribution < -0.4 is 0 Å². The number of carboxylic acid groups (broad SMARTS) is 1. The van der Waals surface area contributed by atoms with Gasteiger partial charge in [0.15, 0.2) is 0 Å². The van der Waals surface area contributed by atoms with Crippen molar-refractivity contribution in [2.45, 2.75) is 6.04 Å². The summed E-state index contributed by atoms with van der Waals surface area (Å²) >= 11 is 6.23. The summed E-state index contributed by atoms with van der Waals surface area (Å²) in [6.07, 6.45) is 0. The fourth-order valence-corrected chi connectivity index (χ4v) is 3.41. The van der Waals surface area contributed by atoms with Gasteiger partial charge in [-0.25, -0.2) is 4.79 Å². The van der Waals surface area contributed by atoms with Gasteiger partial charge in [-0.1, -0.05) is 54.1 Å².